The zero-order valence-corrected chi connectivity index (χ0v) is 7.55. The minimum Gasteiger partial charge on any atom is -0.390 e. The van der Waals surface area contributed by atoms with Crippen molar-refractivity contribution in [2.45, 2.75) is 44.6 Å². The molecule has 0 aromatic heterocycles. The molecule has 2 rings (SSSR count). The van der Waals surface area contributed by atoms with Gasteiger partial charge in [0.1, 0.15) is 5.78 Å². The molecule has 0 saturated heterocycles. The monoisotopic (exact) mass is 168 g/mol. The SMILES string of the molecule is CC1(O)CC2CCCC(=O)C2C1. The summed E-state index contributed by atoms with van der Waals surface area (Å²) in [6.45, 7) is 1.86. The number of aliphatic hydroxyl groups is 1. The number of carbonyl (C=O) groups excluding carboxylic acids is 1. The molecule has 1 N–H and O–H groups in total. The smallest absolute Gasteiger partial charge is 0.136 e. The maximum atomic E-state index is 11.5. The van der Waals surface area contributed by atoms with Crippen molar-refractivity contribution in [3.05, 3.63) is 0 Å². The number of hydrogen-bond donors (Lipinski definition) is 1. The molecule has 2 nitrogen and oxygen atoms in total. The zero-order chi connectivity index (χ0) is 8.77. The molecule has 0 aromatic carbocycles. The van der Waals surface area contributed by atoms with Crippen LogP contribution in [0, 0.1) is 11.8 Å². The lowest BCUT2D eigenvalue weighted by Gasteiger charge is -2.22. The molecule has 2 aliphatic rings. The Morgan fingerprint density at radius 2 is 2.25 bits per heavy atom. The van der Waals surface area contributed by atoms with Gasteiger partial charge in [-0.15, -0.1) is 0 Å². The maximum Gasteiger partial charge on any atom is 0.136 e. The van der Waals surface area contributed by atoms with Crippen LogP contribution in [0.25, 0.3) is 0 Å². The van der Waals surface area contributed by atoms with E-state index in [1.165, 1.54) is 0 Å². The lowest BCUT2D eigenvalue weighted by molar-refractivity contribution is -0.126. The first-order chi connectivity index (χ1) is 5.58. The van der Waals surface area contributed by atoms with Crippen molar-refractivity contribution in [1.82, 2.24) is 0 Å². The molecule has 2 heteroatoms. The zero-order valence-electron chi connectivity index (χ0n) is 7.55. The number of Topliss-reactive ketones (excluding diaryl/α,β-unsaturated/α-hetero) is 1. The lowest BCUT2D eigenvalue weighted by Crippen LogP contribution is -2.24. The average molecular weight is 168 g/mol. The van der Waals surface area contributed by atoms with E-state index in [0.29, 0.717) is 18.1 Å². The van der Waals surface area contributed by atoms with Crippen molar-refractivity contribution < 1.29 is 9.90 Å². The summed E-state index contributed by atoms with van der Waals surface area (Å²) in [7, 11) is 0. The van der Waals surface area contributed by atoms with E-state index in [9.17, 15) is 9.90 Å². The highest BCUT2D eigenvalue weighted by Crippen LogP contribution is 2.45. The Kier molecular flexibility index (Phi) is 1.76. The van der Waals surface area contributed by atoms with E-state index in [2.05, 4.69) is 0 Å². The second kappa shape index (κ2) is 2.56. The quantitative estimate of drug-likeness (QED) is 0.595. The molecule has 0 radical (unpaired) electrons. The molecule has 0 spiro atoms. The summed E-state index contributed by atoms with van der Waals surface area (Å²) in [5, 5.41) is 9.79. The summed E-state index contributed by atoms with van der Waals surface area (Å²) in [4.78, 5) is 11.5. The van der Waals surface area contributed by atoms with Gasteiger partial charge in [0.25, 0.3) is 0 Å². The van der Waals surface area contributed by atoms with Crippen molar-refractivity contribution in [3.8, 4) is 0 Å². The lowest BCUT2D eigenvalue weighted by atomic mass is 9.81. The molecule has 2 aliphatic carbocycles. The van der Waals surface area contributed by atoms with E-state index in [-0.39, 0.29) is 5.92 Å². The highest BCUT2D eigenvalue weighted by Gasteiger charge is 2.45. The average Bonchev–Trinajstić information content (AvgIpc) is 2.25. The van der Waals surface area contributed by atoms with Crippen LogP contribution in [0.3, 0.4) is 0 Å². The molecule has 68 valence electrons. The third-order valence-corrected chi connectivity index (χ3v) is 3.34. The van der Waals surface area contributed by atoms with Crippen LogP contribution in [0.2, 0.25) is 0 Å². The molecule has 2 saturated carbocycles. The van der Waals surface area contributed by atoms with Crippen LogP contribution in [-0.4, -0.2) is 16.5 Å². The summed E-state index contributed by atoms with van der Waals surface area (Å²) in [5.74, 6) is 1.07. The first-order valence-corrected chi connectivity index (χ1v) is 4.84. The molecule has 12 heavy (non-hydrogen) atoms. The third kappa shape index (κ3) is 1.28. The van der Waals surface area contributed by atoms with Crippen LogP contribution in [0.5, 0.6) is 0 Å². The number of fused-ring (bicyclic) bond motifs is 1. The molecule has 0 heterocycles. The van der Waals surface area contributed by atoms with E-state index in [1.54, 1.807) is 0 Å². The van der Waals surface area contributed by atoms with Gasteiger partial charge in [0.15, 0.2) is 0 Å². The van der Waals surface area contributed by atoms with Gasteiger partial charge in [0.2, 0.25) is 0 Å². The van der Waals surface area contributed by atoms with Crippen molar-refractivity contribution in [3.63, 3.8) is 0 Å². The topological polar surface area (TPSA) is 37.3 Å². The standard InChI is InChI=1S/C10H16O2/c1-10(12)5-7-3-2-4-9(11)8(7)6-10/h7-8,12H,2-6H2,1H3. The number of rotatable bonds is 0. The van der Waals surface area contributed by atoms with Crippen LogP contribution in [0.1, 0.15) is 39.0 Å². The Morgan fingerprint density at radius 1 is 1.50 bits per heavy atom. The minimum atomic E-state index is -0.560. The molecule has 0 bridgehead atoms. The molecule has 3 unspecified atom stereocenters. The number of carbonyl (C=O) groups is 1. The summed E-state index contributed by atoms with van der Waals surface area (Å²) >= 11 is 0. The minimum absolute atomic E-state index is 0.189. The van der Waals surface area contributed by atoms with Crippen LogP contribution in [0.4, 0.5) is 0 Å². The second-order valence-corrected chi connectivity index (χ2v) is 4.63. The molecular weight excluding hydrogens is 152 g/mol. The van der Waals surface area contributed by atoms with E-state index in [1.807, 2.05) is 6.92 Å². The second-order valence-electron chi connectivity index (χ2n) is 4.63. The molecule has 2 fully saturated rings. The Bertz CT molecular complexity index is 208. The van der Waals surface area contributed by atoms with Crippen LogP contribution >= 0.6 is 0 Å². The van der Waals surface area contributed by atoms with E-state index < -0.39 is 5.60 Å². The van der Waals surface area contributed by atoms with Crippen molar-refractivity contribution >= 4 is 5.78 Å². The first-order valence-electron chi connectivity index (χ1n) is 4.84. The predicted molar refractivity (Wildman–Crippen MR) is 45.7 cm³/mol. The van der Waals surface area contributed by atoms with Crippen molar-refractivity contribution in [2.24, 2.45) is 11.8 Å². The van der Waals surface area contributed by atoms with Gasteiger partial charge < -0.3 is 5.11 Å². The molecule has 3 atom stereocenters. The molecule has 0 aliphatic heterocycles. The maximum absolute atomic E-state index is 11.5. The first kappa shape index (κ1) is 8.24. The number of hydrogen-bond acceptors (Lipinski definition) is 2. The van der Waals surface area contributed by atoms with Crippen LogP contribution < -0.4 is 0 Å². The summed E-state index contributed by atoms with van der Waals surface area (Å²) in [5.41, 5.74) is -0.560. The van der Waals surface area contributed by atoms with Gasteiger partial charge in [-0.05, 0) is 38.5 Å². The molecule has 0 amide bonds. The fourth-order valence-corrected chi connectivity index (χ4v) is 2.83. The van der Waals surface area contributed by atoms with Crippen molar-refractivity contribution in [1.29, 1.82) is 0 Å². The third-order valence-electron chi connectivity index (χ3n) is 3.34. The summed E-state index contributed by atoms with van der Waals surface area (Å²) in [6.07, 6.45) is 4.47. The normalized spacial score (nSPS) is 47.7. The van der Waals surface area contributed by atoms with Gasteiger partial charge in [0, 0.05) is 12.3 Å². The van der Waals surface area contributed by atoms with Gasteiger partial charge >= 0.3 is 0 Å². The van der Waals surface area contributed by atoms with Gasteiger partial charge in [0.05, 0.1) is 5.60 Å². The highest BCUT2D eigenvalue weighted by molar-refractivity contribution is 5.82. The Balaban J connectivity index is 2.14. The van der Waals surface area contributed by atoms with Gasteiger partial charge in [-0.1, -0.05) is 0 Å². The van der Waals surface area contributed by atoms with E-state index >= 15 is 0 Å². The van der Waals surface area contributed by atoms with Crippen LogP contribution in [0.15, 0.2) is 0 Å². The highest BCUT2D eigenvalue weighted by atomic mass is 16.3. The summed E-state index contributed by atoms with van der Waals surface area (Å²) in [6, 6.07) is 0. The van der Waals surface area contributed by atoms with E-state index in [4.69, 9.17) is 0 Å². The Hall–Kier alpha value is -0.370. The van der Waals surface area contributed by atoms with Crippen molar-refractivity contribution in [2.75, 3.05) is 0 Å². The van der Waals surface area contributed by atoms with Gasteiger partial charge in [-0.3, -0.25) is 4.79 Å². The predicted octanol–water partition coefficient (Wildman–Crippen LogP) is 1.52. The van der Waals surface area contributed by atoms with Crippen LogP contribution in [-0.2, 0) is 4.79 Å². The Labute approximate surface area is 73.0 Å². The Morgan fingerprint density at radius 3 is 2.92 bits per heavy atom. The van der Waals surface area contributed by atoms with Gasteiger partial charge in [-0.25, -0.2) is 0 Å². The molecule has 0 aromatic rings. The number of ketones is 1. The fraction of sp³-hybridized carbons (Fsp3) is 0.900. The summed E-state index contributed by atoms with van der Waals surface area (Å²) < 4.78 is 0. The van der Waals surface area contributed by atoms with E-state index in [0.717, 1.165) is 25.7 Å². The molecular formula is C10H16O2. The largest absolute Gasteiger partial charge is 0.390 e. The fourth-order valence-electron chi connectivity index (χ4n) is 2.83. The van der Waals surface area contributed by atoms with Gasteiger partial charge in [-0.2, -0.15) is 0 Å².